The molecule has 2 unspecified atom stereocenters. The van der Waals surface area contributed by atoms with Crippen LogP contribution in [0.15, 0.2) is 0 Å². The highest BCUT2D eigenvalue weighted by Crippen LogP contribution is 2.15. The molecule has 0 bridgehead atoms. The van der Waals surface area contributed by atoms with Crippen LogP contribution in [0.1, 0.15) is 0 Å². The van der Waals surface area contributed by atoms with E-state index in [1.807, 2.05) is 0 Å². The maximum absolute atomic E-state index is 8.85. The van der Waals surface area contributed by atoms with Crippen molar-refractivity contribution >= 4 is 24.2 Å². The smallest absolute Gasteiger partial charge is 0.0789 e. The minimum atomic E-state index is -0.245. The zero-order chi connectivity index (χ0) is 5.28. The van der Waals surface area contributed by atoms with E-state index in [0.29, 0.717) is 0 Å². The normalized spacial score (nSPS) is 36.8. The van der Waals surface area contributed by atoms with Gasteiger partial charge in [0.1, 0.15) is 0 Å². The number of aliphatic hydroxyl groups is 1. The van der Waals surface area contributed by atoms with Crippen LogP contribution in [-0.2, 0) is 0 Å². The Morgan fingerprint density at radius 1 is 1.50 bits per heavy atom. The van der Waals surface area contributed by atoms with Gasteiger partial charge in [-0.05, 0) is 0 Å². The molecule has 8 heavy (non-hydrogen) atoms. The van der Waals surface area contributed by atoms with Crippen LogP contribution in [0, 0.1) is 0 Å². The molecule has 0 aliphatic carbocycles. The third kappa shape index (κ3) is 1.82. The number of hydrogen-bond acceptors (Lipinski definition) is 3. The second-order valence-electron chi connectivity index (χ2n) is 1.77. The van der Waals surface area contributed by atoms with E-state index in [-0.39, 0.29) is 24.6 Å². The van der Waals surface area contributed by atoms with Crippen LogP contribution in [-0.4, -0.2) is 28.8 Å². The molecule has 0 amide bonds. The van der Waals surface area contributed by atoms with Gasteiger partial charge < -0.3 is 10.8 Å². The van der Waals surface area contributed by atoms with E-state index < -0.39 is 0 Å². The van der Waals surface area contributed by atoms with Crippen molar-refractivity contribution in [3.63, 3.8) is 0 Å². The van der Waals surface area contributed by atoms with E-state index in [4.69, 9.17) is 10.8 Å². The van der Waals surface area contributed by atoms with Gasteiger partial charge in [-0.2, -0.15) is 11.8 Å². The summed E-state index contributed by atoms with van der Waals surface area (Å²) >= 11 is 1.72. The molecule has 0 saturated carbocycles. The monoisotopic (exact) mass is 155 g/mol. The van der Waals surface area contributed by atoms with E-state index >= 15 is 0 Å². The summed E-state index contributed by atoms with van der Waals surface area (Å²) in [6, 6.07) is 0.0324. The molecule has 4 heteroatoms. The van der Waals surface area contributed by atoms with Gasteiger partial charge in [-0.25, -0.2) is 0 Å². The highest BCUT2D eigenvalue weighted by atomic mass is 35.5. The summed E-state index contributed by atoms with van der Waals surface area (Å²) in [4.78, 5) is 0. The first-order chi connectivity index (χ1) is 3.30. The van der Waals surface area contributed by atoms with E-state index in [0.717, 1.165) is 11.5 Å². The lowest BCUT2D eigenvalue weighted by molar-refractivity contribution is 0.183. The van der Waals surface area contributed by atoms with Gasteiger partial charge in [-0.3, -0.25) is 0 Å². The minimum Gasteiger partial charge on any atom is -0.391 e. The Morgan fingerprint density at radius 2 is 2.12 bits per heavy atom. The molecule has 2 nitrogen and oxygen atoms in total. The number of rotatable bonds is 0. The summed E-state index contributed by atoms with van der Waals surface area (Å²) in [5.41, 5.74) is 5.41. The first kappa shape index (κ1) is 8.56. The van der Waals surface area contributed by atoms with Crippen molar-refractivity contribution in [1.29, 1.82) is 0 Å². The van der Waals surface area contributed by atoms with Gasteiger partial charge in [0.25, 0.3) is 0 Å². The quantitative estimate of drug-likeness (QED) is 0.511. The Bertz CT molecular complexity index is 65.1. The van der Waals surface area contributed by atoms with E-state index in [1.165, 1.54) is 0 Å². The zero-order valence-corrected chi connectivity index (χ0v) is 6.04. The van der Waals surface area contributed by atoms with E-state index in [9.17, 15) is 0 Å². The molecule has 50 valence electrons. The largest absolute Gasteiger partial charge is 0.391 e. The lowest BCUT2D eigenvalue weighted by Gasteiger charge is -2.03. The molecule has 1 heterocycles. The average Bonchev–Trinajstić information content (AvgIpc) is 1.91. The zero-order valence-electron chi connectivity index (χ0n) is 4.41. The summed E-state index contributed by atoms with van der Waals surface area (Å²) in [6.45, 7) is 0. The van der Waals surface area contributed by atoms with Crippen LogP contribution >= 0.6 is 24.2 Å². The molecular formula is C4H10ClNOS. The van der Waals surface area contributed by atoms with Gasteiger partial charge in [0.15, 0.2) is 0 Å². The molecule has 3 N–H and O–H groups in total. The number of halogens is 1. The number of aliphatic hydroxyl groups excluding tert-OH is 1. The number of hydrogen-bond donors (Lipinski definition) is 2. The summed E-state index contributed by atoms with van der Waals surface area (Å²) in [5, 5.41) is 8.85. The van der Waals surface area contributed by atoms with Crippen LogP contribution in [0.3, 0.4) is 0 Å². The predicted octanol–water partition coefficient (Wildman–Crippen LogP) is -0.157. The lowest BCUT2D eigenvalue weighted by Crippen LogP contribution is -2.32. The van der Waals surface area contributed by atoms with Crippen molar-refractivity contribution in [3.8, 4) is 0 Å². The molecule has 1 rings (SSSR count). The van der Waals surface area contributed by atoms with Crippen molar-refractivity contribution < 1.29 is 5.11 Å². The molecule has 1 aliphatic heterocycles. The molecule has 0 aromatic carbocycles. The first-order valence-corrected chi connectivity index (χ1v) is 3.47. The van der Waals surface area contributed by atoms with Crippen molar-refractivity contribution in [3.05, 3.63) is 0 Å². The van der Waals surface area contributed by atoms with Gasteiger partial charge in [0.2, 0.25) is 0 Å². The Labute approximate surface area is 59.2 Å². The van der Waals surface area contributed by atoms with Crippen LogP contribution in [0.25, 0.3) is 0 Å². The van der Waals surface area contributed by atoms with Crippen LogP contribution < -0.4 is 5.73 Å². The first-order valence-electron chi connectivity index (χ1n) is 2.32. The van der Waals surface area contributed by atoms with Gasteiger partial charge in [0, 0.05) is 17.5 Å². The fraction of sp³-hybridized carbons (Fsp3) is 1.00. The van der Waals surface area contributed by atoms with Crippen molar-refractivity contribution in [2.75, 3.05) is 11.5 Å². The van der Waals surface area contributed by atoms with Crippen molar-refractivity contribution in [2.45, 2.75) is 12.1 Å². The third-order valence-corrected chi connectivity index (χ3v) is 2.29. The number of thioether (sulfide) groups is 1. The topological polar surface area (TPSA) is 46.2 Å². The van der Waals surface area contributed by atoms with Crippen molar-refractivity contribution in [1.82, 2.24) is 0 Å². The van der Waals surface area contributed by atoms with E-state index in [2.05, 4.69) is 0 Å². The summed E-state index contributed by atoms with van der Waals surface area (Å²) in [6.07, 6.45) is -0.245. The molecule has 1 saturated heterocycles. The second kappa shape index (κ2) is 3.56. The van der Waals surface area contributed by atoms with Crippen LogP contribution in [0.2, 0.25) is 0 Å². The fourth-order valence-corrected chi connectivity index (χ4v) is 1.68. The molecule has 0 radical (unpaired) electrons. The SMILES string of the molecule is Cl.NC1CSCC1O. The Kier molecular flexibility index (Phi) is 3.81. The summed E-state index contributed by atoms with van der Waals surface area (Å²) in [7, 11) is 0. The molecule has 1 fully saturated rings. The molecule has 1 aliphatic rings. The molecule has 0 aromatic heterocycles. The Hall–Kier alpha value is 0.560. The average molecular weight is 156 g/mol. The maximum Gasteiger partial charge on any atom is 0.0789 e. The summed E-state index contributed by atoms with van der Waals surface area (Å²) in [5.74, 6) is 1.74. The standard InChI is InChI=1S/C4H9NOS.ClH/c5-3-1-7-2-4(3)6;/h3-4,6H,1-2,5H2;1H. The third-order valence-electron chi connectivity index (χ3n) is 1.09. The number of nitrogens with two attached hydrogens (primary N) is 1. The van der Waals surface area contributed by atoms with Gasteiger partial charge in [-0.1, -0.05) is 0 Å². The van der Waals surface area contributed by atoms with Crippen LogP contribution in [0.4, 0.5) is 0 Å². The van der Waals surface area contributed by atoms with Gasteiger partial charge in [-0.15, -0.1) is 12.4 Å². The van der Waals surface area contributed by atoms with E-state index in [1.54, 1.807) is 11.8 Å². The molecule has 2 atom stereocenters. The molecule has 0 aromatic rings. The van der Waals surface area contributed by atoms with Crippen LogP contribution in [0.5, 0.6) is 0 Å². The Morgan fingerprint density at radius 3 is 2.25 bits per heavy atom. The molecular weight excluding hydrogens is 146 g/mol. The second-order valence-corrected chi connectivity index (χ2v) is 2.84. The highest BCUT2D eigenvalue weighted by Gasteiger charge is 2.20. The minimum absolute atomic E-state index is 0. The highest BCUT2D eigenvalue weighted by molar-refractivity contribution is 7.99. The maximum atomic E-state index is 8.85. The molecule has 0 spiro atoms. The van der Waals surface area contributed by atoms with Gasteiger partial charge >= 0.3 is 0 Å². The summed E-state index contributed by atoms with van der Waals surface area (Å²) < 4.78 is 0. The lowest BCUT2D eigenvalue weighted by atomic mass is 10.2. The van der Waals surface area contributed by atoms with Crippen molar-refractivity contribution in [2.24, 2.45) is 5.73 Å². The van der Waals surface area contributed by atoms with Gasteiger partial charge in [0.05, 0.1) is 6.10 Å². The fourth-order valence-electron chi connectivity index (χ4n) is 0.560. The predicted molar refractivity (Wildman–Crippen MR) is 38.6 cm³/mol. The Balaban J connectivity index is 0.000000490.